The molecule has 4 rings (SSSR count). The van der Waals surface area contributed by atoms with Crippen molar-refractivity contribution in [2.24, 2.45) is 11.8 Å². The van der Waals surface area contributed by atoms with Crippen LogP contribution in [-0.2, 0) is 16.1 Å². The Hall–Kier alpha value is -2.14. The molecule has 2 aliphatic carbocycles. The monoisotopic (exact) mass is 440 g/mol. The molecule has 0 saturated heterocycles. The lowest BCUT2D eigenvalue weighted by Crippen LogP contribution is -2.25. The van der Waals surface area contributed by atoms with Gasteiger partial charge in [-0.15, -0.1) is 0 Å². The molecule has 2 aromatic carbocycles. The summed E-state index contributed by atoms with van der Waals surface area (Å²) in [5.74, 6) is 0.757. The minimum Gasteiger partial charge on any atom is -0.352 e. The van der Waals surface area contributed by atoms with Crippen LogP contribution in [0.15, 0.2) is 53.0 Å². The minimum atomic E-state index is 0.0615. The van der Waals surface area contributed by atoms with E-state index in [1.165, 1.54) is 5.56 Å². The molecule has 0 radical (unpaired) electrons. The summed E-state index contributed by atoms with van der Waals surface area (Å²) in [6, 6.07) is 16.0. The lowest BCUT2D eigenvalue weighted by atomic mass is 10.1. The van der Waals surface area contributed by atoms with Gasteiger partial charge in [-0.3, -0.25) is 9.59 Å². The van der Waals surface area contributed by atoms with Gasteiger partial charge in [-0.2, -0.15) is 0 Å². The van der Waals surface area contributed by atoms with Gasteiger partial charge in [0.05, 0.1) is 0 Å². The van der Waals surface area contributed by atoms with E-state index in [1.54, 1.807) is 0 Å². The zero-order valence-corrected chi connectivity index (χ0v) is 17.4. The predicted octanol–water partition coefficient (Wildman–Crippen LogP) is 5.00. The molecule has 2 atom stereocenters. The van der Waals surface area contributed by atoms with Crippen molar-refractivity contribution in [3.63, 3.8) is 0 Å². The van der Waals surface area contributed by atoms with Gasteiger partial charge in [0.25, 0.3) is 0 Å². The molecule has 2 amide bonds. The zero-order valence-electron chi connectivity index (χ0n) is 15.8. The Morgan fingerprint density at radius 2 is 1.75 bits per heavy atom. The average molecular weight is 441 g/mol. The highest BCUT2D eigenvalue weighted by atomic mass is 79.9. The van der Waals surface area contributed by atoms with Gasteiger partial charge >= 0.3 is 0 Å². The number of carbonyl (C=O) groups is 2. The van der Waals surface area contributed by atoms with Gasteiger partial charge in [0.2, 0.25) is 11.8 Å². The van der Waals surface area contributed by atoms with Gasteiger partial charge in [0.1, 0.15) is 0 Å². The molecule has 146 valence electrons. The third kappa shape index (κ3) is 4.64. The van der Waals surface area contributed by atoms with Crippen molar-refractivity contribution in [2.75, 3.05) is 5.32 Å². The molecule has 4 nitrogen and oxygen atoms in total. The number of amides is 2. The smallest absolute Gasteiger partial charge is 0.227 e. The van der Waals surface area contributed by atoms with Crippen molar-refractivity contribution in [2.45, 2.75) is 44.6 Å². The average Bonchev–Trinajstić information content (AvgIpc) is 3.30. The second kappa shape index (κ2) is 8.48. The van der Waals surface area contributed by atoms with Crippen molar-refractivity contribution >= 4 is 33.4 Å². The number of hydrogen-bond acceptors (Lipinski definition) is 2. The molecule has 0 aliphatic heterocycles. The van der Waals surface area contributed by atoms with Gasteiger partial charge < -0.3 is 10.6 Å². The van der Waals surface area contributed by atoms with Crippen molar-refractivity contribution in [1.29, 1.82) is 0 Å². The van der Waals surface area contributed by atoms with Crippen molar-refractivity contribution < 1.29 is 9.59 Å². The van der Waals surface area contributed by atoms with E-state index < -0.39 is 0 Å². The predicted molar refractivity (Wildman–Crippen MR) is 114 cm³/mol. The van der Waals surface area contributed by atoms with E-state index in [0.717, 1.165) is 47.8 Å². The molecule has 2 fully saturated rings. The molecule has 0 spiro atoms. The Kier molecular flexibility index (Phi) is 5.81. The first-order chi connectivity index (χ1) is 13.6. The van der Waals surface area contributed by atoms with E-state index in [1.807, 2.05) is 36.4 Å². The number of carbonyl (C=O) groups excluding carboxylic acids is 2. The SMILES string of the molecule is O=C(Nc1cccc(CNC(=O)C2CC2c2ccc(Br)cc2)c1)C1CCCC1. The Balaban J connectivity index is 1.28. The molecular formula is C23H25BrN2O2. The molecular weight excluding hydrogens is 416 g/mol. The van der Waals surface area contributed by atoms with Crippen molar-refractivity contribution in [3.05, 3.63) is 64.1 Å². The highest BCUT2D eigenvalue weighted by molar-refractivity contribution is 9.10. The fourth-order valence-electron chi connectivity index (χ4n) is 4.07. The van der Waals surface area contributed by atoms with Crippen LogP contribution < -0.4 is 10.6 Å². The first-order valence-corrected chi connectivity index (χ1v) is 10.8. The Morgan fingerprint density at radius 3 is 2.50 bits per heavy atom. The van der Waals surface area contributed by atoms with Crippen molar-refractivity contribution in [3.8, 4) is 0 Å². The maximum atomic E-state index is 12.5. The van der Waals surface area contributed by atoms with E-state index in [9.17, 15) is 9.59 Å². The molecule has 2 saturated carbocycles. The van der Waals surface area contributed by atoms with E-state index in [2.05, 4.69) is 38.7 Å². The standard InChI is InChI=1S/C23H25BrN2O2/c24-18-10-8-16(9-11-18)20-13-21(20)23(28)25-14-15-4-3-7-19(12-15)26-22(27)17-5-1-2-6-17/h3-4,7-12,17,20-21H,1-2,5-6,13-14H2,(H,25,28)(H,26,27). The maximum Gasteiger partial charge on any atom is 0.227 e. The first-order valence-electron chi connectivity index (χ1n) is 10.0. The summed E-state index contributed by atoms with van der Waals surface area (Å²) < 4.78 is 1.05. The maximum absolute atomic E-state index is 12.5. The fourth-order valence-corrected chi connectivity index (χ4v) is 4.34. The fraction of sp³-hybridized carbons (Fsp3) is 0.391. The van der Waals surface area contributed by atoms with Gasteiger partial charge in [-0.25, -0.2) is 0 Å². The Bertz CT molecular complexity index is 859. The van der Waals surface area contributed by atoms with Crippen LogP contribution in [0.25, 0.3) is 0 Å². The van der Waals surface area contributed by atoms with Crippen LogP contribution >= 0.6 is 15.9 Å². The second-order valence-corrected chi connectivity index (χ2v) is 8.80. The zero-order chi connectivity index (χ0) is 19.5. The van der Waals surface area contributed by atoms with Crippen molar-refractivity contribution in [1.82, 2.24) is 5.32 Å². The largest absolute Gasteiger partial charge is 0.352 e. The Labute approximate surface area is 174 Å². The van der Waals surface area contributed by atoms with Gasteiger partial charge in [-0.05, 0) is 60.6 Å². The van der Waals surface area contributed by atoms with Gasteiger partial charge in [0, 0.05) is 28.5 Å². The third-order valence-corrected chi connectivity index (χ3v) is 6.34. The summed E-state index contributed by atoms with van der Waals surface area (Å²) in [5, 5.41) is 6.07. The van der Waals surface area contributed by atoms with Crippen LogP contribution in [-0.4, -0.2) is 11.8 Å². The van der Waals surface area contributed by atoms with Crippen LogP contribution in [0, 0.1) is 11.8 Å². The van der Waals surface area contributed by atoms with Crippen LogP contribution in [0.4, 0.5) is 5.69 Å². The summed E-state index contributed by atoms with van der Waals surface area (Å²) in [6.07, 6.45) is 5.18. The van der Waals surface area contributed by atoms with Gasteiger partial charge in [0.15, 0.2) is 0 Å². The highest BCUT2D eigenvalue weighted by Gasteiger charge is 2.43. The first kappa shape index (κ1) is 19.2. The van der Waals surface area contributed by atoms with Crippen LogP contribution in [0.1, 0.15) is 49.1 Å². The topological polar surface area (TPSA) is 58.2 Å². The van der Waals surface area contributed by atoms with Crippen LogP contribution in [0.3, 0.4) is 0 Å². The molecule has 2 unspecified atom stereocenters. The molecule has 0 bridgehead atoms. The lowest BCUT2D eigenvalue weighted by molar-refractivity contribution is -0.122. The summed E-state index contributed by atoms with van der Waals surface area (Å²) in [6.45, 7) is 0.482. The molecule has 0 aromatic heterocycles. The summed E-state index contributed by atoms with van der Waals surface area (Å²) in [5.41, 5.74) is 3.03. The number of anilines is 1. The summed E-state index contributed by atoms with van der Waals surface area (Å²) in [4.78, 5) is 24.8. The molecule has 2 aromatic rings. The van der Waals surface area contributed by atoms with E-state index in [0.29, 0.717) is 12.5 Å². The molecule has 0 heterocycles. The minimum absolute atomic E-state index is 0.0615. The third-order valence-electron chi connectivity index (χ3n) is 5.81. The van der Waals surface area contributed by atoms with Crippen LogP contribution in [0.5, 0.6) is 0 Å². The molecule has 2 N–H and O–H groups in total. The van der Waals surface area contributed by atoms with E-state index in [4.69, 9.17) is 0 Å². The number of halogens is 1. The Morgan fingerprint density at radius 1 is 1.00 bits per heavy atom. The lowest BCUT2D eigenvalue weighted by Gasteiger charge is -2.12. The number of benzene rings is 2. The number of nitrogens with one attached hydrogen (secondary N) is 2. The second-order valence-electron chi connectivity index (χ2n) is 7.89. The normalized spacial score (nSPS) is 21.3. The molecule has 5 heteroatoms. The summed E-state index contributed by atoms with van der Waals surface area (Å²) in [7, 11) is 0. The number of rotatable bonds is 6. The summed E-state index contributed by atoms with van der Waals surface area (Å²) >= 11 is 3.44. The number of hydrogen-bond donors (Lipinski definition) is 2. The van der Waals surface area contributed by atoms with E-state index in [-0.39, 0.29) is 23.7 Å². The van der Waals surface area contributed by atoms with Gasteiger partial charge in [-0.1, -0.05) is 53.0 Å². The molecule has 28 heavy (non-hydrogen) atoms. The molecule has 2 aliphatic rings. The van der Waals surface area contributed by atoms with Crippen LogP contribution in [0.2, 0.25) is 0 Å². The highest BCUT2D eigenvalue weighted by Crippen LogP contribution is 2.47. The van der Waals surface area contributed by atoms with E-state index >= 15 is 0 Å². The quantitative estimate of drug-likeness (QED) is 0.663.